The van der Waals surface area contributed by atoms with E-state index in [0.29, 0.717) is 38.0 Å². The molecule has 2 heterocycles. The molecule has 0 radical (unpaired) electrons. The molecule has 2 aromatic rings. The Kier molecular flexibility index (Phi) is 4.98. The molecule has 5 rings (SSSR count). The van der Waals surface area contributed by atoms with E-state index in [9.17, 15) is 13.2 Å². The molecule has 0 spiro atoms. The first-order valence-corrected chi connectivity index (χ1v) is 12.0. The second kappa shape index (κ2) is 7.69. The third-order valence-electron chi connectivity index (χ3n) is 6.41. The number of benzene rings is 2. The molecule has 0 aromatic heterocycles. The van der Waals surface area contributed by atoms with Gasteiger partial charge in [-0.3, -0.25) is 4.90 Å². The molecule has 1 saturated heterocycles. The zero-order valence-electron chi connectivity index (χ0n) is 17.1. The SMILES string of the molecule is Nc1ccc2c(c1)COC(=O)N2C1CCN(S(=O)(=O)C2CC=Cc3ccccc32)CC1. The number of carbonyl (C=O) groups excluding carboxylic acids is 1. The van der Waals surface area contributed by atoms with E-state index in [4.69, 9.17) is 10.5 Å². The Morgan fingerprint density at radius 2 is 1.84 bits per heavy atom. The minimum absolute atomic E-state index is 0.111. The van der Waals surface area contributed by atoms with Crippen LogP contribution in [0.1, 0.15) is 41.2 Å². The van der Waals surface area contributed by atoms with Gasteiger partial charge in [-0.15, -0.1) is 0 Å². The van der Waals surface area contributed by atoms with Crippen LogP contribution < -0.4 is 10.6 Å². The Labute approximate surface area is 182 Å². The molecule has 8 heteroatoms. The quantitative estimate of drug-likeness (QED) is 0.737. The maximum Gasteiger partial charge on any atom is 0.414 e. The van der Waals surface area contributed by atoms with Crippen LogP contribution in [-0.2, 0) is 21.4 Å². The van der Waals surface area contributed by atoms with Crippen LogP contribution in [0.15, 0.2) is 48.5 Å². The third-order valence-corrected chi connectivity index (χ3v) is 8.66. The maximum atomic E-state index is 13.5. The minimum atomic E-state index is -3.50. The van der Waals surface area contributed by atoms with Crippen molar-refractivity contribution in [3.8, 4) is 0 Å². The molecule has 31 heavy (non-hydrogen) atoms. The molecule has 1 amide bonds. The zero-order chi connectivity index (χ0) is 21.6. The van der Waals surface area contributed by atoms with Crippen molar-refractivity contribution < 1.29 is 17.9 Å². The van der Waals surface area contributed by atoms with Crippen molar-refractivity contribution in [2.45, 2.75) is 37.2 Å². The van der Waals surface area contributed by atoms with E-state index in [1.807, 2.05) is 48.6 Å². The zero-order valence-corrected chi connectivity index (χ0v) is 17.9. The van der Waals surface area contributed by atoms with Gasteiger partial charge in [0.25, 0.3) is 0 Å². The molecule has 7 nitrogen and oxygen atoms in total. The summed E-state index contributed by atoms with van der Waals surface area (Å²) in [5.74, 6) is 0. The molecule has 1 aliphatic carbocycles. The number of nitrogens with zero attached hydrogens (tertiary/aromatic N) is 2. The number of nitrogens with two attached hydrogens (primary N) is 1. The van der Waals surface area contributed by atoms with Gasteiger partial charge in [0.05, 0.1) is 5.69 Å². The minimum Gasteiger partial charge on any atom is -0.444 e. The van der Waals surface area contributed by atoms with E-state index in [1.165, 1.54) is 0 Å². The average molecular weight is 440 g/mol. The predicted octanol–water partition coefficient (Wildman–Crippen LogP) is 3.68. The molecule has 2 aliphatic heterocycles. The molecule has 1 fully saturated rings. The van der Waals surface area contributed by atoms with Crippen molar-refractivity contribution in [1.29, 1.82) is 0 Å². The summed E-state index contributed by atoms with van der Waals surface area (Å²) >= 11 is 0. The van der Waals surface area contributed by atoms with Gasteiger partial charge in [-0.1, -0.05) is 36.4 Å². The summed E-state index contributed by atoms with van der Waals surface area (Å²) < 4.78 is 33.9. The smallest absolute Gasteiger partial charge is 0.414 e. The lowest BCUT2D eigenvalue weighted by Gasteiger charge is -2.40. The van der Waals surface area contributed by atoms with Crippen LogP contribution >= 0.6 is 0 Å². The number of piperidine rings is 1. The molecule has 1 atom stereocenters. The first kappa shape index (κ1) is 20.1. The van der Waals surface area contributed by atoms with Crippen LogP contribution in [0, 0.1) is 0 Å². The molecular formula is C23H25N3O4S. The number of fused-ring (bicyclic) bond motifs is 2. The summed E-state index contributed by atoms with van der Waals surface area (Å²) in [6.07, 6.45) is 5.13. The normalized spacial score (nSPS) is 22.0. The molecule has 0 saturated carbocycles. The van der Waals surface area contributed by atoms with Crippen molar-refractivity contribution >= 4 is 33.6 Å². The fourth-order valence-electron chi connectivity index (χ4n) is 4.83. The number of hydrogen-bond donors (Lipinski definition) is 1. The van der Waals surface area contributed by atoms with E-state index in [-0.39, 0.29) is 18.7 Å². The number of cyclic esters (lactones) is 1. The second-order valence-electron chi connectivity index (χ2n) is 8.24. The number of allylic oxidation sites excluding steroid dienone is 1. The Hall–Kier alpha value is -2.84. The van der Waals surface area contributed by atoms with Crippen molar-refractivity contribution in [3.63, 3.8) is 0 Å². The number of sulfonamides is 1. The molecule has 0 bridgehead atoms. The molecule has 3 aliphatic rings. The van der Waals surface area contributed by atoms with Crippen LogP contribution in [0.4, 0.5) is 16.2 Å². The topological polar surface area (TPSA) is 92.9 Å². The largest absolute Gasteiger partial charge is 0.444 e. The Balaban J connectivity index is 1.34. The van der Waals surface area contributed by atoms with Gasteiger partial charge < -0.3 is 10.5 Å². The van der Waals surface area contributed by atoms with E-state index >= 15 is 0 Å². The third kappa shape index (κ3) is 3.49. The number of hydrogen-bond acceptors (Lipinski definition) is 5. The number of anilines is 2. The van der Waals surface area contributed by atoms with Gasteiger partial charge in [-0.05, 0) is 48.6 Å². The van der Waals surface area contributed by atoms with Gasteiger partial charge in [0.2, 0.25) is 10.0 Å². The van der Waals surface area contributed by atoms with Gasteiger partial charge in [-0.25, -0.2) is 17.5 Å². The van der Waals surface area contributed by atoms with Gasteiger partial charge in [0, 0.05) is 30.4 Å². The standard InChI is InChI=1S/C23H25N3O4S/c24-18-8-9-21-17(14-18)15-30-23(27)26(21)19-10-12-25(13-11-19)31(28,29)22-7-3-5-16-4-1-2-6-20(16)22/h1-6,8-9,14,19,22H,7,10-13,15,24H2. The first-order valence-electron chi connectivity index (χ1n) is 10.5. The summed E-state index contributed by atoms with van der Waals surface area (Å²) in [4.78, 5) is 14.2. The lowest BCUT2D eigenvalue weighted by atomic mass is 9.97. The lowest BCUT2D eigenvalue weighted by molar-refractivity contribution is 0.136. The highest BCUT2D eigenvalue weighted by atomic mass is 32.2. The predicted molar refractivity (Wildman–Crippen MR) is 120 cm³/mol. The highest BCUT2D eigenvalue weighted by Crippen LogP contribution is 2.38. The molecule has 2 N–H and O–H groups in total. The maximum absolute atomic E-state index is 13.5. The Morgan fingerprint density at radius 1 is 1.06 bits per heavy atom. The van der Waals surface area contributed by atoms with Crippen LogP contribution in [0.5, 0.6) is 0 Å². The fourth-order valence-corrected chi connectivity index (χ4v) is 6.80. The summed E-state index contributed by atoms with van der Waals surface area (Å²) in [7, 11) is -3.50. The number of rotatable bonds is 3. The van der Waals surface area contributed by atoms with E-state index < -0.39 is 15.3 Å². The van der Waals surface area contributed by atoms with Crippen molar-refractivity contribution in [2.24, 2.45) is 0 Å². The van der Waals surface area contributed by atoms with Crippen molar-refractivity contribution in [1.82, 2.24) is 4.31 Å². The highest BCUT2D eigenvalue weighted by Gasteiger charge is 2.40. The van der Waals surface area contributed by atoms with Gasteiger partial charge in [0.1, 0.15) is 11.9 Å². The second-order valence-corrected chi connectivity index (χ2v) is 10.4. The summed E-state index contributed by atoms with van der Waals surface area (Å²) in [5.41, 5.74) is 10.00. The van der Waals surface area contributed by atoms with Crippen LogP contribution in [0.3, 0.4) is 0 Å². The van der Waals surface area contributed by atoms with Gasteiger partial charge in [0.15, 0.2) is 0 Å². The van der Waals surface area contributed by atoms with Crippen molar-refractivity contribution in [2.75, 3.05) is 23.7 Å². The molecular weight excluding hydrogens is 414 g/mol. The van der Waals surface area contributed by atoms with Crippen molar-refractivity contribution in [3.05, 3.63) is 65.2 Å². The monoisotopic (exact) mass is 439 g/mol. The Morgan fingerprint density at radius 3 is 2.65 bits per heavy atom. The van der Waals surface area contributed by atoms with Crippen LogP contribution in [0.2, 0.25) is 0 Å². The van der Waals surface area contributed by atoms with E-state index in [2.05, 4.69) is 0 Å². The Bertz CT molecular complexity index is 1150. The lowest BCUT2D eigenvalue weighted by Crippen LogP contribution is -2.51. The highest BCUT2D eigenvalue weighted by molar-refractivity contribution is 7.89. The molecule has 162 valence electrons. The molecule has 1 unspecified atom stereocenters. The summed E-state index contributed by atoms with van der Waals surface area (Å²) in [6.45, 7) is 0.963. The fraction of sp³-hybridized carbons (Fsp3) is 0.348. The van der Waals surface area contributed by atoms with Crippen LogP contribution in [-0.4, -0.2) is 37.9 Å². The number of carbonyl (C=O) groups is 1. The van der Waals surface area contributed by atoms with Gasteiger partial charge >= 0.3 is 6.09 Å². The number of amides is 1. The summed E-state index contributed by atoms with van der Waals surface area (Å²) in [6, 6.07) is 13.0. The number of ether oxygens (including phenoxy) is 1. The van der Waals surface area contributed by atoms with E-state index in [1.54, 1.807) is 15.3 Å². The van der Waals surface area contributed by atoms with Crippen LogP contribution in [0.25, 0.3) is 6.08 Å². The van der Waals surface area contributed by atoms with E-state index in [0.717, 1.165) is 22.4 Å². The number of nitrogen functional groups attached to an aromatic ring is 1. The summed E-state index contributed by atoms with van der Waals surface area (Å²) in [5, 5.41) is -0.561. The van der Waals surface area contributed by atoms with Gasteiger partial charge in [-0.2, -0.15) is 0 Å². The average Bonchev–Trinajstić information content (AvgIpc) is 2.79. The first-order chi connectivity index (χ1) is 14.9. The molecule has 2 aromatic carbocycles.